The summed E-state index contributed by atoms with van der Waals surface area (Å²) in [7, 11) is 0. The molecule has 11 heavy (non-hydrogen) atoms. The van der Waals surface area contributed by atoms with Gasteiger partial charge in [0.2, 0.25) is 6.08 Å². The van der Waals surface area contributed by atoms with Gasteiger partial charge in [0, 0.05) is 11.6 Å². The lowest BCUT2D eigenvalue weighted by atomic mass is 10.4. The van der Waals surface area contributed by atoms with E-state index in [0.29, 0.717) is 5.01 Å². The van der Waals surface area contributed by atoms with Crippen LogP contribution in [0.4, 0.5) is 0 Å². The molecule has 0 aliphatic heterocycles. The Balaban J connectivity index is 2.90. The molecule has 0 radical (unpaired) electrons. The first kappa shape index (κ1) is 7.61. The van der Waals surface area contributed by atoms with Gasteiger partial charge >= 0.3 is 0 Å². The molecule has 1 aromatic rings. The average Bonchev–Trinajstić information content (AvgIpc) is 2.52. The fourth-order valence-corrected chi connectivity index (χ4v) is 1.18. The van der Waals surface area contributed by atoms with Crippen LogP contribution in [0.3, 0.4) is 0 Å². The van der Waals surface area contributed by atoms with E-state index >= 15 is 0 Å². The van der Waals surface area contributed by atoms with Crippen LogP contribution in [0.2, 0.25) is 0 Å². The van der Waals surface area contributed by atoms with E-state index in [9.17, 15) is 4.79 Å². The molecular formula is C6H3N3OS. The summed E-state index contributed by atoms with van der Waals surface area (Å²) in [6.07, 6.45) is 2.89. The van der Waals surface area contributed by atoms with Gasteiger partial charge in [-0.05, 0) is 0 Å². The highest BCUT2D eigenvalue weighted by Gasteiger charge is 2.09. The van der Waals surface area contributed by atoms with Crippen LogP contribution in [0.25, 0.3) is 0 Å². The first-order valence-corrected chi connectivity index (χ1v) is 3.62. The molecule has 0 spiro atoms. The van der Waals surface area contributed by atoms with E-state index in [1.807, 2.05) is 6.07 Å². The van der Waals surface area contributed by atoms with Gasteiger partial charge < -0.3 is 0 Å². The minimum atomic E-state index is -0.785. The van der Waals surface area contributed by atoms with Gasteiger partial charge in [0.15, 0.2) is 6.04 Å². The van der Waals surface area contributed by atoms with Crippen molar-refractivity contribution < 1.29 is 4.79 Å². The summed E-state index contributed by atoms with van der Waals surface area (Å²) >= 11 is 1.29. The molecule has 0 aliphatic rings. The summed E-state index contributed by atoms with van der Waals surface area (Å²) in [5.41, 5.74) is 0. The summed E-state index contributed by atoms with van der Waals surface area (Å²) in [6, 6.07) is 1.04. The SMILES string of the molecule is N#CC(N=C=O)c1nccs1. The second-order valence-corrected chi connectivity index (χ2v) is 2.55. The Morgan fingerprint density at radius 3 is 3.09 bits per heavy atom. The molecule has 0 fully saturated rings. The second kappa shape index (κ2) is 3.62. The lowest BCUT2D eigenvalue weighted by molar-refractivity contribution is 0.561. The van der Waals surface area contributed by atoms with Gasteiger partial charge in [0.1, 0.15) is 5.01 Å². The van der Waals surface area contributed by atoms with E-state index in [0.717, 1.165) is 0 Å². The highest BCUT2D eigenvalue weighted by molar-refractivity contribution is 7.09. The van der Waals surface area contributed by atoms with Crippen LogP contribution in [-0.4, -0.2) is 11.1 Å². The van der Waals surface area contributed by atoms with Crippen molar-refractivity contribution in [3.63, 3.8) is 0 Å². The molecule has 0 amide bonds. The minimum Gasteiger partial charge on any atom is -0.246 e. The normalized spacial score (nSPS) is 11.2. The van der Waals surface area contributed by atoms with Crippen molar-refractivity contribution in [1.82, 2.24) is 4.98 Å². The van der Waals surface area contributed by atoms with Crippen molar-refractivity contribution in [3.05, 3.63) is 16.6 Å². The molecule has 1 rings (SSSR count). The summed E-state index contributed by atoms with van der Waals surface area (Å²) < 4.78 is 0. The van der Waals surface area contributed by atoms with E-state index < -0.39 is 6.04 Å². The molecule has 54 valence electrons. The van der Waals surface area contributed by atoms with Crippen molar-refractivity contribution >= 4 is 17.4 Å². The Hall–Kier alpha value is -1.50. The maximum atomic E-state index is 9.80. The van der Waals surface area contributed by atoms with E-state index in [1.54, 1.807) is 11.6 Å². The maximum absolute atomic E-state index is 9.80. The van der Waals surface area contributed by atoms with Crippen LogP contribution in [0.1, 0.15) is 11.0 Å². The number of hydrogen-bond acceptors (Lipinski definition) is 5. The molecule has 0 saturated heterocycles. The van der Waals surface area contributed by atoms with Gasteiger partial charge in [-0.3, -0.25) is 0 Å². The molecule has 0 saturated carbocycles. The highest BCUT2D eigenvalue weighted by atomic mass is 32.1. The van der Waals surface area contributed by atoms with Gasteiger partial charge in [0.05, 0.1) is 6.07 Å². The zero-order chi connectivity index (χ0) is 8.10. The van der Waals surface area contributed by atoms with Crippen LogP contribution >= 0.6 is 11.3 Å². The van der Waals surface area contributed by atoms with E-state index in [2.05, 4.69) is 9.98 Å². The third kappa shape index (κ3) is 1.71. The van der Waals surface area contributed by atoms with Crippen molar-refractivity contribution in [2.24, 2.45) is 4.99 Å². The van der Waals surface area contributed by atoms with Gasteiger partial charge in [-0.2, -0.15) is 10.3 Å². The molecule has 5 heteroatoms. The van der Waals surface area contributed by atoms with E-state index in [1.165, 1.54) is 17.4 Å². The van der Waals surface area contributed by atoms with Gasteiger partial charge in [0.25, 0.3) is 0 Å². The predicted octanol–water partition coefficient (Wildman–Crippen LogP) is 1.04. The van der Waals surface area contributed by atoms with Crippen LogP contribution in [0, 0.1) is 11.3 Å². The molecule has 1 atom stereocenters. The maximum Gasteiger partial charge on any atom is 0.236 e. The fraction of sp³-hybridized carbons (Fsp3) is 0.167. The first-order valence-electron chi connectivity index (χ1n) is 2.74. The molecule has 0 bridgehead atoms. The molecule has 0 N–H and O–H groups in total. The number of aromatic nitrogens is 1. The highest BCUT2D eigenvalue weighted by Crippen LogP contribution is 2.17. The van der Waals surface area contributed by atoms with Gasteiger partial charge in [-0.1, -0.05) is 0 Å². The minimum absolute atomic E-state index is 0.524. The van der Waals surface area contributed by atoms with E-state index in [4.69, 9.17) is 5.26 Å². The lowest BCUT2D eigenvalue weighted by Gasteiger charge is -1.91. The number of carbonyl (C=O) groups excluding carboxylic acids is 1. The van der Waals surface area contributed by atoms with Gasteiger partial charge in [-0.25, -0.2) is 9.78 Å². The van der Waals surface area contributed by atoms with Crippen LogP contribution in [-0.2, 0) is 4.79 Å². The number of aliphatic imine (C=N–C) groups is 1. The molecule has 1 unspecified atom stereocenters. The topological polar surface area (TPSA) is 66.1 Å². The van der Waals surface area contributed by atoms with Crippen LogP contribution in [0.15, 0.2) is 16.6 Å². The molecule has 0 aromatic carbocycles. The summed E-state index contributed by atoms with van der Waals surface area (Å²) in [5.74, 6) is 0. The van der Waals surface area contributed by atoms with Gasteiger partial charge in [-0.15, -0.1) is 11.3 Å². The van der Waals surface area contributed by atoms with E-state index in [-0.39, 0.29) is 0 Å². The fourth-order valence-electron chi connectivity index (χ4n) is 0.562. The Bertz CT molecular complexity index is 307. The molecule has 1 aromatic heterocycles. The molecule has 0 aliphatic carbocycles. The van der Waals surface area contributed by atoms with Crippen LogP contribution in [0.5, 0.6) is 0 Å². The number of thiazole rings is 1. The third-order valence-corrected chi connectivity index (χ3v) is 1.82. The van der Waals surface area contributed by atoms with Crippen molar-refractivity contribution in [3.8, 4) is 6.07 Å². The number of rotatable bonds is 2. The Kier molecular flexibility index (Phi) is 2.50. The summed E-state index contributed by atoms with van der Waals surface area (Å²) in [6.45, 7) is 0. The molecule has 1 heterocycles. The smallest absolute Gasteiger partial charge is 0.236 e. The zero-order valence-electron chi connectivity index (χ0n) is 5.39. The average molecular weight is 165 g/mol. The van der Waals surface area contributed by atoms with Crippen molar-refractivity contribution in [1.29, 1.82) is 5.26 Å². The molecular weight excluding hydrogens is 162 g/mol. The first-order chi connectivity index (χ1) is 5.38. The third-order valence-electron chi connectivity index (χ3n) is 0.989. The number of nitriles is 1. The Morgan fingerprint density at radius 1 is 1.82 bits per heavy atom. The monoisotopic (exact) mass is 165 g/mol. The second-order valence-electron chi connectivity index (χ2n) is 1.62. The quantitative estimate of drug-likeness (QED) is 0.485. The van der Waals surface area contributed by atoms with Crippen molar-refractivity contribution in [2.45, 2.75) is 6.04 Å². The predicted molar refractivity (Wildman–Crippen MR) is 38.6 cm³/mol. The largest absolute Gasteiger partial charge is 0.246 e. The summed E-state index contributed by atoms with van der Waals surface area (Å²) in [4.78, 5) is 16.9. The van der Waals surface area contributed by atoms with Crippen molar-refractivity contribution in [2.75, 3.05) is 0 Å². The molecule has 4 nitrogen and oxygen atoms in total. The Labute approximate surface area is 66.8 Å². The lowest BCUT2D eigenvalue weighted by Crippen LogP contribution is -1.88. The number of hydrogen-bond donors (Lipinski definition) is 0. The number of nitrogens with zero attached hydrogens (tertiary/aromatic N) is 3. The summed E-state index contributed by atoms with van der Waals surface area (Å²) in [5, 5.41) is 10.7. The number of isocyanates is 1. The van der Waals surface area contributed by atoms with Crippen LogP contribution < -0.4 is 0 Å². The Morgan fingerprint density at radius 2 is 2.64 bits per heavy atom. The zero-order valence-corrected chi connectivity index (χ0v) is 6.21. The standard InChI is InChI=1S/C6H3N3OS/c7-3-5(9-4-10)6-8-1-2-11-6/h1-2,5H.